The summed E-state index contributed by atoms with van der Waals surface area (Å²) in [6, 6.07) is 8.06. The van der Waals surface area contributed by atoms with E-state index in [4.69, 9.17) is 0 Å². The number of likely N-dealkylation sites (tertiary alicyclic amines) is 1. The molecule has 3 rings (SSSR count). The molecular weight excluding hydrogens is 276 g/mol. The van der Waals surface area contributed by atoms with Crippen LogP contribution in [0.5, 0.6) is 0 Å². The Bertz CT molecular complexity index is 704. The molecule has 1 aliphatic heterocycles. The standard InChI is InChI=1S/C18H22N2O2/c1-12-3-4-15-10-16(13(2)19-17(15)9-12)18(22)20-7-5-14(11-21)6-8-20/h3-4,9-10,14,21H,5-8,11H2,1-2H3. The Balaban J connectivity index is 1.88. The minimum absolute atomic E-state index is 0.0591. The molecule has 1 saturated heterocycles. The first-order valence-corrected chi connectivity index (χ1v) is 7.86. The second-order valence-electron chi connectivity index (χ2n) is 6.24. The molecule has 1 amide bonds. The average molecular weight is 298 g/mol. The molecule has 0 atom stereocenters. The maximum absolute atomic E-state index is 12.7. The number of aliphatic hydroxyl groups excluding tert-OH is 1. The van der Waals surface area contributed by atoms with Crippen LogP contribution in [-0.2, 0) is 0 Å². The van der Waals surface area contributed by atoms with Crippen molar-refractivity contribution < 1.29 is 9.90 Å². The van der Waals surface area contributed by atoms with Crippen LogP contribution in [-0.4, -0.2) is 40.6 Å². The molecule has 0 unspecified atom stereocenters. The third-order valence-electron chi connectivity index (χ3n) is 4.55. The van der Waals surface area contributed by atoms with Gasteiger partial charge in [-0.05, 0) is 50.3 Å². The first-order chi connectivity index (χ1) is 10.6. The van der Waals surface area contributed by atoms with Crippen molar-refractivity contribution >= 4 is 16.8 Å². The van der Waals surface area contributed by atoms with Crippen molar-refractivity contribution in [2.45, 2.75) is 26.7 Å². The molecule has 22 heavy (non-hydrogen) atoms. The van der Waals surface area contributed by atoms with Crippen molar-refractivity contribution in [3.63, 3.8) is 0 Å². The van der Waals surface area contributed by atoms with Crippen LogP contribution in [0.2, 0.25) is 0 Å². The molecule has 0 saturated carbocycles. The van der Waals surface area contributed by atoms with Crippen molar-refractivity contribution in [1.82, 2.24) is 9.88 Å². The van der Waals surface area contributed by atoms with Crippen molar-refractivity contribution in [1.29, 1.82) is 0 Å². The van der Waals surface area contributed by atoms with Crippen molar-refractivity contribution in [2.75, 3.05) is 19.7 Å². The van der Waals surface area contributed by atoms with Crippen molar-refractivity contribution in [3.05, 3.63) is 41.1 Å². The number of fused-ring (bicyclic) bond motifs is 1. The number of aliphatic hydroxyl groups is 1. The Labute approximate surface area is 130 Å². The first-order valence-electron chi connectivity index (χ1n) is 7.86. The second kappa shape index (κ2) is 6.05. The van der Waals surface area contributed by atoms with Gasteiger partial charge in [0.05, 0.1) is 16.8 Å². The molecule has 0 aliphatic carbocycles. The van der Waals surface area contributed by atoms with Gasteiger partial charge >= 0.3 is 0 Å². The zero-order chi connectivity index (χ0) is 15.7. The number of pyridine rings is 1. The third-order valence-corrected chi connectivity index (χ3v) is 4.55. The van der Waals surface area contributed by atoms with E-state index in [0.29, 0.717) is 11.5 Å². The quantitative estimate of drug-likeness (QED) is 0.927. The number of carbonyl (C=O) groups excluding carboxylic acids is 1. The van der Waals surface area contributed by atoms with Gasteiger partial charge in [-0.2, -0.15) is 0 Å². The van der Waals surface area contributed by atoms with E-state index in [0.717, 1.165) is 42.5 Å². The van der Waals surface area contributed by atoms with Gasteiger partial charge in [0.2, 0.25) is 0 Å². The minimum atomic E-state index is 0.0591. The van der Waals surface area contributed by atoms with Crippen LogP contribution in [0.3, 0.4) is 0 Å². The van der Waals surface area contributed by atoms with E-state index in [1.807, 2.05) is 43.0 Å². The molecule has 0 bridgehead atoms. The summed E-state index contributed by atoms with van der Waals surface area (Å²) in [5.74, 6) is 0.395. The molecule has 1 aromatic heterocycles. The number of aromatic nitrogens is 1. The number of hydrogen-bond donors (Lipinski definition) is 1. The lowest BCUT2D eigenvalue weighted by Gasteiger charge is -2.31. The van der Waals surface area contributed by atoms with Gasteiger partial charge in [0.1, 0.15) is 0 Å². The van der Waals surface area contributed by atoms with E-state index in [2.05, 4.69) is 4.98 Å². The topological polar surface area (TPSA) is 53.4 Å². The first kappa shape index (κ1) is 15.0. The highest BCUT2D eigenvalue weighted by molar-refractivity contribution is 5.98. The fourth-order valence-corrected chi connectivity index (χ4v) is 3.08. The van der Waals surface area contributed by atoms with Gasteiger partial charge < -0.3 is 10.0 Å². The number of carbonyl (C=O) groups is 1. The SMILES string of the molecule is Cc1ccc2cc(C(=O)N3CCC(CO)CC3)c(C)nc2c1. The average Bonchev–Trinajstić information content (AvgIpc) is 2.53. The van der Waals surface area contributed by atoms with Crippen molar-refractivity contribution in [2.24, 2.45) is 5.92 Å². The van der Waals surface area contributed by atoms with Gasteiger partial charge in [-0.25, -0.2) is 0 Å². The number of benzene rings is 1. The lowest BCUT2D eigenvalue weighted by atomic mass is 9.97. The zero-order valence-electron chi connectivity index (χ0n) is 13.2. The summed E-state index contributed by atoms with van der Waals surface area (Å²) >= 11 is 0. The highest BCUT2D eigenvalue weighted by Crippen LogP contribution is 2.22. The Morgan fingerprint density at radius 2 is 2.00 bits per heavy atom. The summed E-state index contributed by atoms with van der Waals surface area (Å²) < 4.78 is 0. The summed E-state index contributed by atoms with van der Waals surface area (Å²) in [6.07, 6.45) is 1.75. The molecule has 1 aliphatic rings. The molecule has 0 spiro atoms. The zero-order valence-corrected chi connectivity index (χ0v) is 13.2. The Kier molecular flexibility index (Phi) is 4.12. The monoisotopic (exact) mass is 298 g/mol. The predicted molar refractivity (Wildman–Crippen MR) is 86.9 cm³/mol. The van der Waals surface area contributed by atoms with Gasteiger partial charge in [-0.1, -0.05) is 12.1 Å². The van der Waals surface area contributed by atoms with E-state index < -0.39 is 0 Å². The highest BCUT2D eigenvalue weighted by atomic mass is 16.3. The number of nitrogens with zero attached hydrogens (tertiary/aromatic N) is 2. The molecule has 4 nitrogen and oxygen atoms in total. The highest BCUT2D eigenvalue weighted by Gasteiger charge is 2.24. The normalized spacial score (nSPS) is 16.2. The molecule has 1 N–H and O–H groups in total. The summed E-state index contributed by atoms with van der Waals surface area (Å²) in [5, 5.41) is 10.2. The molecule has 4 heteroatoms. The van der Waals surface area contributed by atoms with Gasteiger partial charge in [0, 0.05) is 25.1 Å². The fraction of sp³-hybridized carbons (Fsp3) is 0.444. The number of piperidine rings is 1. The second-order valence-corrected chi connectivity index (χ2v) is 6.24. The lowest BCUT2D eigenvalue weighted by Crippen LogP contribution is -2.39. The van der Waals surface area contributed by atoms with Crippen LogP contribution in [0.4, 0.5) is 0 Å². The summed E-state index contributed by atoms with van der Waals surface area (Å²) in [6.45, 7) is 5.60. The van der Waals surface area contributed by atoms with Crippen LogP contribution in [0, 0.1) is 19.8 Å². The Morgan fingerprint density at radius 3 is 2.68 bits per heavy atom. The maximum Gasteiger partial charge on any atom is 0.255 e. The number of rotatable bonds is 2. The molecule has 116 valence electrons. The minimum Gasteiger partial charge on any atom is -0.396 e. The van der Waals surface area contributed by atoms with Gasteiger partial charge in [0.25, 0.3) is 5.91 Å². The predicted octanol–water partition coefficient (Wildman–Crippen LogP) is 2.70. The Hall–Kier alpha value is -1.94. The lowest BCUT2D eigenvalue weighted by molar-refractivity contribution is 0.0650. The summed E-state index contributed by atoms with van der Waals surface area (Å²) in [5.41, 5.74) is 3.59. The van der Waals surface area contributed by atoms with E-state index in [9.17, 15) is 9.90 Å². The van der Waals surface area contributed by atoms with Gasteiger partial charge in [0.15, 0.2) is 0 Å². The fourth-order valence-electron chi connectivity index (χ4n) is 3.08. The van der Waals surface area contributed by atoms with Crippen LogP contribution < -0.4 is 0 Å². The van der Waals surface area contributed by atoms with Crippen LogP contribution in [0.25, 0.3) is 10.9 Å². The smallest absolute Gasteiger partial charge is 0.255 e. The largest absolute Gasteiger partial charge is 0.396 e. The number of amides is 1. The molecule has 1 fully saturated rings. The third kappa shape index (κ3) is 2.83. The van der Waals surface area contributed by atoms with Crippen molar-refractivity contribution in [3.8, 4) is 0 Å². The molecule has 1 aromatic carbocycles. The van der Waals surface area contributed by atoms with Crippen LogP contribution in [0.1, 0.15) is 34.5 Å². The van der Waals surface area contributed by atoms with Gasteiger partial charge in [-0.15, -0.1) is 0 Å². The summed E-state index contributed by atoms with van der Waals surface area (Å²) in [4.78, 5) is 19.2. The Morgan fingerprint density at radius 1 is 1.27 bits per heavy atom. The van der Waals surface area contributed by atoms with Crippen LogP contribution >= 0.6 is 0 Å². The molecule has 2 aromatic rings. The molecule has 2 heterocycles. The van der Waals surface area contributed by atoms with E-state index >= 15 is 0 Å². The van der Waals surface area contributed by atoms with Crippen LogP contribution in [0.15, 0.2) is 24.3 Å². The van der Waals surface area contributed by atoms with E-state index in [1.165, 1.54) is 5.56 Å². The van der Waals surface area contributed by atoms with Gasteiger partial charge in [-0.3, -0.25) is 9.78 Å². The summed E-state index contributed by atoms with van der Waals surface area (Å²) in [7, 11) is 0. The van der Waals surface area contributed by atoms with E-state index in [1.54, 1.807) is 0 Å². The van der Waals surface area contributed by atoms with E-state index in [-0.39, 0.29) is 12.5 Å². The molecule has 0 radical (unpaired) electrons. The molecular formula is C18H22N2O2. The number of hydrogen-bond acceptors (Lipinski definition) is 3. The number of aryl methyl sites for hydroxylation is 2. The maximum atomic E-state index is 12.7.